The van der Waals surface area contributed by atoms with Crippen LogP contribution in [-0.4, -0.2) is 71.0 Å². The smallest absolute Gasteiger partial charge is 0.325 e. The van der Waals surface area contributed by atoms with Gasteiger partial charge in [0.15, 0.2) is 0 Å². The maximum Gasteiger partial charge on any atom is 0.325 e. The summed E-state index contributed by atoms with van der Waals surface area (Å²) < 4.78 is 11.2. The van der Waals surface area contributed by atoms with E-state index in [1.165, 1.54) is 0 Å². The summed E-state index contributed by atoms with van der Waals surface area (Å²) in [7, 11) is 3.31. The van der Waals surface area contributed by atoms with Gasteiger partial charge in [-0.1, -0.05) is 13.0 Å². The van der Waals surface area contributed by atoms with Gasteiger partial charge in [-0.05, 0) is 43.5 Å². The Hall–Kier alpha value is -3.42. The van der Waals surface area contributed by atoms with Gasteiger partial charge in [-0.3, -0.25) is 9.69 Å². The highest BCUT2D eigenvalue weighted by molar-refractivity contribution is 5.92. The highest BCUT2D eigenvalue weighted by Crippen LogP contribution is 2.49. The van der Waals surface area contributed by atoms with Crippen molar-refractivity contribution in [3.63, 3.8) is 0 Å². The summed E-state index contributed by atoms with van der Waals surface area (Å²) in [4.78, 5) is 35.4. The molecule has 2 saturated heterocycles. The van der Waals surface area contributed by atoms with Crippen LogP contribution in [0.3, 0.4) is 0 Å². The van der Waals surface area contributed by atoms with E-state index in [4.69, 9.17) is 9.47 Å². The number of likely N-dealkylation sites (N-methyl/N-ethyl adjacent to an activating group) is 1. The average molecular weight is 465 g/mol. The fourth-order valence-corrected chi connectivity index (χ4v) is 5.98. The van der Waals surface area contributed by atoms with Gasteiger partial charge >= 0.3 is 6.03 Å². The number of likely N-dealkylation sites (tertiary alicyclic amines) is 1. The Labute approximate surface area is 200 Å². The molecule has 1 aromatic carbocycles. The van der Waals surface area contributed by atoms with Crippen LogP contribution in [-0.2, 0) is 6.54 Å². The van der Waals surface area contributed by atoms with E-state index in [1.807, 2.05) is 39.8 Å². The number of nitrogens with one attached hydrogen (secondary N) is 1. The van der Waals surface area contributed by atoms with Crippen molar-refractivity contribution in [2.75, 3.05) is 33.9 Å². The molecule has 5 rings (SSSR count). The number of piperidine rings is 1. The zero-order valence-electron chi connectivity index (χ0n) is 20.3. The van der Waals surface area contributed by atoms with Crippen LogP contribution in [0.5, 0.6) is 11.5 Å². The Morgan fingerprint density at radius 1 is 1.21 bits per heavy atom. The number of benzene rings is 1. The summed E-state index contributed by atoms with van der Waals surface area (Å²) in [5, 5.41) is 0. The first-order valence-corrected chi connectivity index (χ1v) is 11.9. The maximum absolute atomic E-state index is 13.7. The number of ether oxygens (including phenoxy) is 2. The molecule has 1 atom stereocenters. The third-order valence-corrected chi connectivity index (χ3v) is 7.62. The van der Waals surface area contributed by atoms with Gasteiger partial charge in [-0.15, -0.1) is 0 Å². The Kier molecular flexibility index (Phi) is 5.54. The standard InChI is InChI=1S/C26H32N4O4/c1-5-30-25(32)29-16-18-14-19(33-3)15-21(34-4)23(18)17(2)13-22(29)26(30)8-11-28(12-9-26)24(31)20-7-6-10-27-20/h6-7,10,13-15,17,27H,5,8-9,11-12,16H2,1-4H3/t17-/m0/s1. The topological polar surface area (TPSA) is 78.1 Å². The number of carbonyl (C=O) groups is 2. The lowest BCUT2D eigenvalue weighted by molar-refractivity contribution is 0.0571. The van der Waals surface area contributed by atoms with Crippen LogP contribution in [0.15, 0.2) is 42.2 Å². The normalized spacial score (nSPS) is 21.2. The molecular formula is C26H32N4O4. The molecule has 3 aliphatic heterocycles. The highest BCUT2D eigenvalue weighted by atomic mass is 16.5. The number of rotatable bonds is 4. The number of hydrogen-bond donors (Lipinski definition) is 1. The number of aromatic nitrogens is 1. The zero-order chi connectivity index (χ0) is 24.0. The summed E-state index contributed by atoms with van der Waals surface area (Å²) in [6.07, 6.45) is 5.43. The van der Waals surface area contributed by atoms with E-state index in [0.717, 1.165) is 28.3 Å². The predicted octanol–water partition coefficient (Wildman–Crippen LogP) is 3.97. The minimum absolute atomic E-state index is 0.0107. The number of allylic oxidation sites excluding steroid dienone is 1. The molecule has 0 aliphatic carbocycles. The van der Waals surface area contributed by atoms with Crippen molar-refractivity contribution in [2.24, 2.45) is 0 Å². The minimum Gasteiger partial charge on any atom is -0.497 e. The van der Waals surface area contributed by atoms with Crippen LogP contribution < -0.4 is 9.47 Å². The van der Waals surface area contributed by atoms with E-state index < -0.39 is 5.54 Å². The summed E-state index contributed by atoms with van der Waals surface area (Å²) in [6, 6.07) is 7.59. The number of urea groups is 1. The van der Waals surface area contributed by atoms with Crippen LogP contribution in [0, 0.1) is 0 Å². The van der Waals surface area contributed by atoms with Crippen LogP contribution in [0.4, 0.5) is 4.79 Å². The fourth-order valence-electron chi connectivity index (χ4n) is 5.98. The molecule has 8 heteroatoms. The van der Waals surface area contributed by atoms with Gasteiger partial charge in [0.25, 0.3) is 5.91 Å². The third-order valence-electron chi connectivity index (χ3n) is 7.62. The summed E-state index contributed by atoms with van der Waals surface area (Å²) in [6.45, 7) is 6.49. The van der Waals surface area contributed by atoms with Gasteiger partial charge < -0.3 is 24.3 Å². The summed E-state index contributed by atoms with van der Waals surface area (Å²) in [5.41, 5.74) is 3.37. The van der Waals surface area contributed by atoms with Crippen LogP contribution in [0.2, 0.25) is 0 Å². The summed E-state index contributed by atoms with van der Waals surface area (Å²) >= 11 is 0. The van der Waals surface area contributed by atoms with Gasteiger partial charge in [0.05, 0.1) is 26.3 Å². The molecule has 2 aromatic rings. The molecule has 8 nitrogen and oxygen atoms in total. The van der Waals surface area contributed by atoms with Gasteiger partial charge in [0, 0.05) is 49.1 Å². The van der Waals surface area contributed by atoms with Crippen LogP contribution in [0.25, 0.3) is 0 Å². The van der Waals surface area contributed by atoms with Crippen LogP contribution in [0.1, 0.15) is 54.2 Å². The molecule has 1 N–H and O–H groups in total. The van der Waals surface area contributed by atoms with Crippen molar-refractivity contribution in [1.29, 1.82) is 0 Å². The minimum atomic E-state index is -0.411. The van der Waals surface area contributed by atoms with E-state index in [9.17, 15) is 9.59 Å². The Morgan fingerprint density at radius 3 is 2.59 bits per heavy atom. The predicted molar refractivity (Wildman–Crippen MR) is 128 cm³/mol. The van der Waals surface area contributed by atoms with E-state index in [1.54, 1.807) is 26.5 Å². The molecule has 1 spiro atoms. The SMILES string of the molecule is CCN1C(=O)N2Cc3cc(OC)cc(OC)c3[C@@H](C)C=C2C12CCN(C(=O)c1ccc[nH]1)CC2. The third kappa shape index (κ3) is 3.27. The lowest BCUT2D eigenvalue weighted by atomic mass is 9.82. The number of carbonyl (C=O) groups excluding carboxylic acids is 2. The Bertz CT molecular complexity index is 1130. The molecule has 1 aromatic heterocycles. The lowest BCUT2D eigenvalue weighted by Gasteiger charge is -2.44. The molecule has 0 radical (unpaired) electrons. The average Bonchev–Trinajstić information content (AvgIpc) is 3.42. The number of H-pyrrole nitrogens is 1. The van der Waals surface area contributed by atoms with Crippen molar-refractivity contribution >= 4 is 11.9 Å². The number of nitrogens with zero attached hydrogens (tertiary/aromatic N) is 3. The van der Waals surface area contributed by atoms with E-state index in [-0.39, 0.29) is 17.9 Å². The second-order valence-electron chi connectivity index (χ2n) is 9.26. The first-order chi connectivity index (χ1) is 16.4. The first-order valence-electron chi connectivity index (χ1n) is 11.9. The summed E-state index contributed by atoms with van der Waals surface area (Å²) in [5.74, 6) is 1.57. The van der Waals surface area contributed by atoms with E-state index in [2.05, 4.69) is 18.0 Å². The molecule has 0 unspecified atom stereocenters. The lowest BCUT2D eigenvalue weighted by Crippen LogP contribution is -2.54. The molecule has 34 heavy (non-hydrogen) atoms. The maximum atomic E-state index is 13.7. The molecule has 0 saturated carbocycles. The molecule has 2 fully saturated rings. The largest absolute Gasteiger partial charge is 0.497 e. The van der Waals surface area contributed by atoms with Gasteiger partial charge in [-0.25, -0.2) is 4.79 Å². The quantitative estimate of drug-likeness (QED) is 0.743. The number of hydrogen-bond acceptors (Lipinski definition) is 4. The second-order valence-corrected chi connectivity index (χ2v) is 9.26. The Balaban J connectivity index is 1.51. The van der Waals surface area contributed by atoms with Gasteiger partial charge in [0.1, 0.15) is 17.2 Å². The van der Waals surface area contributed by atoms with E-state index in [0.29, 0.717) is 44.7 Å². The van der Waals surface area contributed by atoms with E-state index >= 15 is 0 Å². The number of fused-ring (bicyclic) bond motifs is 3. The molecule has 3 amide bonds. The molecule has 180 valence electrons. The molecule has 0 bridgehead atoms. The fraction of sp³-hybridized carbons (Fsp3) is 0.462. The van der Waals surface area contributed by atoms with Crippen molar-refractivity contribution < 1.29 is 19.1 Å². The second kappa shape index (κ2) is 8.42. The van der Waals surface area contributed by atoms with Crippen LogP contribution >= 0.6 is 0 Å². The number of methoxy groups -OCH3 is 2. The number of amides is 3. The van der Waals surface area contributed by atoms with Crippen molar-refractivity contribution in [3.8, 4) is 11.5 Å². The van der Waals surface area contributed by atoms with Gasteiger partial charge in [-0.2, -0.15) is 0 Å². The molecular weight excluding hydrogens is 432 g/mol. The number of aromatic amines is 1. The van der Waals surface area contributed by atoms with Crippen molar-refractivity contribution in [1.82, 2.24) is 19.7 Å². The van der Waals surface area contributed by atoms with Crippen molar-refractivity contribution in [2.45, 2.75) is 44.7 Å². The highest BCUT2D eigenvalue weighted by Gasteiger charge is 2.55. The Morgan fingerprint density at radius 2 is 1.97 bits per heavy atom. The monoisotopic (exact) mass is 464 g/mol. The molecule has 3 aliphatic rings. The molecule has 4 heterocycles. The zero-order valence-corrected chi connectivity index (χ0v) is 20.3. The first kappa shape index (κ1) is 22.4. The van der Waals surface area contributed by atoms with Gasteiger partial charge in [0.2, 0.25) is 0 Å². The van der Waals surface area contributed by atoms with Crippen molar-refractivity contribution in [3.05, 3.63) is 59.1 Å².